The minimum absolute atomic E-state index is 0.528. The molecular formula is C4H9NO. The molecule has 1 saturated heterocycles. The van der Waals surface area contributed by atoms with Crippen LogP contribution >= 0.6 is 0 Å². The summed E-state index contributed by atoms with van der Waals surface area (Å²) in [4.78, 5) is 0. The van der Waals surface area contributed by atoms with Crippen LogP contribution in [0.3, 0.4) is 0 Å². The summed E-state index contributed by atoms with van der Waals surface area (Å²) >= 11 is 0. The van der Waals surface area contributed by atoms with E-state index in [-0.39, 0.29) is 0 Å². The van der Waals surface area contributed by atoms with Crippen LogP contribution in [-0.2, 0) is 0 Å². The number of hydrogen-bond acceptors (Lipinski definition) is 2. The molecule has 2 heteroatoms. The quantitative estimate of drug-likeness (QED) is 0.424. The molecule has 1 heterocycles. The maximum atomic E-state index is 8.80. The average molecular weight is 87.1 g/mol. The fraction of sp³-hybridized carbons (Fsp3) is 1.00. The molecule has 2 nitrogen and oxygen atoms in total. The molecule has 0 amide bonds. The van der Waals surface area contributed by atoms with Gasteiger partial charge < -0.3 is 5.11 Å². The lowest BCUT2D eigenvalue weighted by atomic mass is 10.1. The van der Waals surface area contributed by atoms with E-state index < -0.39 is 5.72 Å². The Labute approximate surface area is 37.2 Å². The van der Waals surface area contributed by atoms with Crippen LogP contribution in [0.2, 0.25) is 0 Å². The second-order valence-electron chi connectivity index (χ2n) is 1.95. The Morgan fingerprint density at radius 2 is 2.17 bits per heavy atom. The molecule has 1 atom stereocenters. The molecule has 6 heavy (non-hydrogen) atoms. The van der Waals surface area contributed by atoms with Crippen molar-refractivity contribution in [1.29, 1.82) is 0 Å². The molecular weight excluding hydrogens is 78.0 g/mol. The molecule has 0 aromatic rings. The van der Waals surface area contributed by atoms with Gasteiger partial charge in [-0.2, -0.15) is 0 Å². The van der Waals surface area contributed by atoms with Crippen LogP contribution < -0.4 is 5.32 Å². The predicted molar refractivity (Wildman–Crippen MR) is 23.2 cm³/mol. The van der Waals surface area contributed by atoms with Gasteiger partial charge in [0.25, 0.3) is 0 Å². The fourth-order valence-electron chi connectivity index (χ4n) is 0.487. The van der Waals surface area contributed by atoms with Crippen LogP contribution in [0, 0.1) is 0 Å². The van der Waals surface area contributed by atoms with E-state index in [1.54, 1.807) is 6.92 Å². The first-order valence-electron chi connectivity index (χ1n) is 2.18. The zero-order valence-electron chi connectivity index (χ0n) is 3.86. The zero-order valence-corrected chi connectivity index (χ0v) is 3.86. The molecule has 0 aromatic heterocycles. The van der Waals surface area contributed by atoms with Crippen molar-refractivity contribution < 1.29 is 5.11 Å². The number of rotatable bonds is 0. The smallest absolute Gasteiger partial charge is 0.114 e. The highest BCUT2D eigenvalue weighted by Crippen LogP contribution is 2.11. The third kappa shape index (κ3) is 0.533. The SMILES string of the molecule is CC1(O)CCN1. The minimum Gasteiger partial charge on any atom is -0.376 e. The highest BCUT2D eigenvalue weighted by molar-refractivity contribution is 4.79. The zero-order chi connectivity index (χ0) is 4.62. The lowest BCUT2D eigenvalue weighted by Crippen LogP contribution is -2.54. The molecule has 1 unspecified atom stereocenters. The van der Waals surface area contributed by atoms with Gasteiger partial charge in [-0.05, 0) is 6.92 Å². The summed E-state index contributed by atoms with van der Waals surface area (Å²) in [6, 6.07) is 0. The van der Waals surface area contributed by atoms with E-state index in [1.165, 1.54) is 0 Å². The molecule has 1 aliphatic heterocycles. The lowest BCUT2D eigenvalue weighted by molar-refractivity contribution is -0.0361. The van der Waals surface area contributed by atoms with Gasteiger partial charge >= 0.3 is 0 Å². The van der Waals surface area contributed by atoms with E-state index in [4.69, 9.17) is 5.11 Å². The van der Waals surface area contributed by atoms with Crippen LogP contribution in [0.1, 0.15) is 13.3 Å². The first-order valence-corrected chi connectivity index (χ1v) is 2.18. The molecule has 0 aliphatic carbocycles. The molecule has 1 rings (SSSR count). The summed E-state index contributed by atoms with van der Waals surface area (Å²) in [7, 11) is 0. The van der Waals surface area contributed by atoms with Crippen molar-refractivity contribution >= 4 is 0 Å². The largest absolute Gasteiger partial charge is 0.376 e. The number of nitrogens with one attached hydrogen (secondary N) is 1. The fourth-order valence-corrected chi connectivity index (χ4v) is 0.487. The van der Waals surface area contributed by atoms with Gasteiger partial charge in [-0.15, -0.1) is 0 Å². The van der Waals surface area contributed by atoms with Crippen molar-refractivity contribution in [3.8, 4) is 0 Å². The third-order valence-electron chi connectivity index (χ3n) is 1.12. The van der Waals surface area contributed by atoms with Crippen molar-refractivity contribution in [3.05, 3.63) is 0 Å². The first kappa shape index (κ1) is 4.09. The lowest BCUT2D eigenvalue weighted by Gasteiger charge is -2.33. The molecule has 0 aromatic carbocycles. The molecule has 2 N–H and O–H groups in total. The van der Waals surface area contributed by atoms with Gasteiger partial charge in [-0.3, -0.25) is 5.32 Å². The Kier molecular flexibility index (Phi) is 0.648. The molecule has 1 aliphatic rings. The first-order chi connectivity index (χ1) is 2.71. The normalized spacial score (nSPS) is 45.0. The van der Waals surface area contributed by atoms with Gasteiger partial charge in [0.1, 0.15) is 5.72 Å². The summed E-state index contributed by atoms with van der Waals surface area (Å²) in [6.45, 7) is 2.74. The molecule has 1 fully saturated rings. The van der Waals surface area contributed by atoms with Gasteiger partial charge in [0.05, 0.1) is 0 Å². The van der Waals surface area contributed by atoms with Crippen LogP contribution in [0.4, 0.5) is 0 Å². The molecule has 0 bridgehead atoms. The van der Waals surface area contributed by atoms with Crippen molar-refractivity contribution in [2.75, 3.05) is 6.54 Å². The standard InChI is InChI=1S/C4H9NO/c1-4(6)2-3-5-4/h5-6H,2-3H2,1H3. The maximum Gasteiger partial charge on any atom is 0.114 e. The number of aliphatic hydroxyl groups is 1. The Bertz CT molecular complexity index is 54.6. The summed E-state index contributed by atoms with van der Waals surface area (Å²) < 4.78 is 0. The van der Waals surface area contributed by atoms with Crippen molar-refractivity contribution in [3.63, 3.8) is 0 Å². The summed E-state index contributed by atoms with van der Waals surface area (Å²) in [6.07, 6.45) is 0.896. The Morgan fingerprint density at radius 1 is 1.83 bits per heavy atom. The molecule has 0 radical (unpaired) electrons. The maximum absolute atomic E-state index is 8.80. The highest BCUT2D eigenvalue weighted by atomic mass is 16.3. The highest BCUT2D eigenvalue weighted by Gasteiger charge is 2.26. The van der Waals surface area contributed by atoms with Gasteiger partial charge in [0.15, 0.2) is 0 Å². The van der Waals surface area contributed by atoms with E-state index >= 15 is 0 Å². The van der Waals surface area contributed by atoms with E-state index in [0.717, 1.165) is 13.0 Å². The van der Waals surface area contributed by atoms with Crippen molar-refractivity contribution in [1.82, 2.24) is 5.32 Å². The topological polar surface area (TPSA) is 32.3 Å². The van der Waals surface area contributed by atoms with Crippen LogP contribution in [0.15, 0.2) is 0 Å². The Morgan fingerprint density at radius 3 is 2.17 bits per heavy atom. The van der Waals surface area contributed by atoms with E-state index in [1.807, 2.05) is 0 Å². The summed E-state index contributed by atoms with van der Waals surface area (Å²) in [5.41, 5.74) is -0.528. The minimum atomic E-state index is -0.528. The summed E-state index contributed by atoms with van der Waals surface area (Å²) in [5.74, 6) is 0. The monoisotopic (exact) mass is 87.1 g/mol. The van der Waals surface area contributed by atoms with Crippen LogP contribution in [0.5, 0.6) is 0 Å². The third-order valence-corrected chi connectivity index (χ3v) is 1.12. The second-order valence-corrected chi connectivity index (χ2v) is 1.95. The van der Waals surface area contributed by atoms with E-state index in [9.17, 15) is 0 Å². The summed E-state index contributed by atoms with van der Waals surface area (Å²) in [5, 5.41) is 11.6. The predicted octanol–water partition coefficient (Wildman–Crippen LogP) is -0.312. The average Bonchev–Trinajstić information content (AvgIpc) is 1.32. The van der Waals surface area contributed by atoms with Crippen molar-refractivity contribution in [2.24, 2.45) is 0 Å². The van der Waals surface area contributed by atoms with Gasteiger partial charge in [-0.1, -0.05) is 0 Å². The van der Waals surface area contributed by atoms with Crippen LogP contribution in [-0.4, -0.2) is 17.4 Å². The van der Waals surface area contributed by atoms with Gasteiger partial charge in [-0.25, -0.2) is 0 Å². The molecule has 36 valence electrons. The van der Waals surface area contributed by atoms with Gasteiger partial charge in [0, 0.05) is 13.0 Å². The molecule has 0 saturated carbocycles. The molecule has 0 spiro atoms. The van der Waals surface area contributed by atoms with Gasteiger partial charge in [0.2, 0.25) is 0 Å². The van der Waals surface area contributed by atoms with Crippen LogP contribution in [0.25, 0.3) is 0 Å². The Balaban J connectivity index is 2.31. The van der Waals surface area contributed by atoms with E-state index in [2.05, 4.69) is 5.32 Å². The second kappa shape index (κ2) is 0.950. The van der Waals surface area contributed by atoms with Crippen molar-refractivity contribution in [2.45, 2.75) is 19.1 Å². The Hall–Kier alpha value is -0.0800. The number of hydrogen-bond donors (Lipinski definition) is 2. The van der Waals surface area contributed by atoms with E-state index in [0.29, 0.717) is 0 Å².